The fraction of sp³-hybridized carbons (Fsp3) is 0.520. The Bertz CT molecular complexity index is 980. The lowest BCUT2D eigenvalue weighted by Crippen LogP contribution is -2.47. The summed E-state index contributed by atoms with van der Waals surface area (Å²) in [6.45, 7) is 4.66. The first-order chi connectivity index (χ1) is 16.5. The highest BCUT2D eigenvalue weighted by molar-refractivity contribution is 7.13. The number of benzene rings is 1. The Kier molecular flexibility index (Phi) is 8.16. The molecule has 1 aromatic carbocycles. The van der Waals surface area contributed by atoms with E-state index in [1.807, 2.05) is 52.4 Å². The van der Waals surface area contributed by atoms with E-state index in [0.717, 1.165) is 11.4 Å². The maximum Gasteiger partial charge on any atom is 0.229 e. The van der Waals surface area contributed by atoms with Gasteiger partial charge in [0.15, 0.2) is 5.13 Å². The summed E-state index contributed by atoms with van der Waals surface area (Å²) >= 11 is 1.43. The van der Waals surface area contributed by atoms with E-state index < -0.39 is 0 Å². The molecule has 0 atom stereocenters. The number of carbonyl (C=O) groups excluding carboxylic acids is 3. The Morgan fingerprint density at radius 1 is 1.00 bits per heavy atom. The van der Waals surface area contributed by atoms with E-state index in [4.69, 9.17) is 4.74 Å². The molecule has 2 aromatic rings. The van der Waals surface area contributed by atoms with Crippen molar-refractivity contribution in [2.45, 2.75) is 39.0 Å². The summed E-state index contributed by atoms with van der Waals surface area (Å²) in [4.78, 5) is 46.1. The molecule has 34 heavy (non-hydrogen) atoms. The highest BCUT2D eigenvalue weighted by Crippen LogP contribution is 2.25. The van der Waals surface area contributed by atoms with Crippen molar-refractivity contribution in [3.8, 4) is 5.75 Å². The molecule has 2 aliphatic heterocycles. The molecule has 2 aliphatic rings. The first-order valence-electron chi connectivity index (χ1n) is 12.0. The predicted octanol–water partition coefficient (Wildman–Crippen LogP) is 3.34. The number of nitrogens with one attached hydrogen (secondary N) is 1. The van der Waals surface area contributed by atoms with Gasteiger partial charge in [0.05, 0.1) is 18.7 Å². The maximum atomic E-state index is 13.0. The van der Waals surface area contributed by atoms with Crippen LogP contribution in [0.5, 0.6) is 5.75 Å². The second-order valence-corrected chi connectivity index (χ2v) is 9.81. The van der Waals surface area contributed by atoms with Crippen LogP contribution in [0.1, 0.15) is 37.8 Å². The smallest absolute Gasteiger partial charge is 0.229 e. The Morgan fingerprint density at radius 2 is 1.65 bits per heavy atom. The normalized spacial score (nSPS) is 17.4. The van der Waals surface area contributed by atoms with Crippen LogP contribution in [0, 0.1) is 18.8 Å². The van der Waals surface area contributed by atoms with E-state index in [0.29, 0.717) is 70.0 Å². The first-order valence-corrected chi connectivity index (χ1v) is 12.8. The molecule has 2 fully saturated rings. The number of piperidine rings is 2. The number of aromatic nitrogens is 1. The zero-order valence-corrected chi connectivity index (χ0v) is 20.4. The Balaban J connectivity index is 1.15. The summed E-state index contributed by atoms with van der Waals surface area (Å²) in [6.07, 6.45) is 3.05. The van der Waals surface area contributed by atoms with E-state index >= 15 is 0 Å². The van der Waals surface area contributed by atoms with E-state index in [2.05, 4.69) is 10.3 Å². The number of ether oxygens (including phenoxy) is 1. The lowest BCUT2D eigenvalue weighted by Gasteiger charge is -2.37. The lowest BCUT2D eigenvalue weighted by atomic mass is 9.91. The second-order valence-electron chi connectivity index (χ2n) is 8.95. The number of rotatable bonds is 7. The summed E-state index contributed by atoms with van der Waals surface area (Å²) in [5.41, 5.74) is 0.897. The number of anilines is 1. The average Bonchev–Trinajstić information content (AvgIpc) is 3.28. The van der Waals surface area contributed by atoms with Gasteiger partial charge >= 0.3 is 0 Å². The summed E-state index contributed by atoms with van der Waals surface area (Å²) in [5, 5.41) is 5.44. The van der Waals surface area contributed by atoms with Gasteiger partial charge in [0.25, 0.3) is 0 Å². The van der Waals surface area contributed by atoms with Crippen molar-refractivity contribution in [3.05, 3.63) is 41.4 Å². The topological polar surface area (TPSA) is 91.8 Å². The van der Waals surface area contributed by atoms with E-state index in [1.54, 1.807) is 0 Å². The predicted molar refractivity (Wildman–Crippen MR) is 131 cm³/mol. The van der Waals surface area contributed by atoms with Crippen molar-refractivity contribution in [1.82, 2.24) is 14.8 Å². The molecule has 2 saturated heterocycles. The van der Waals surface area contributed by atoms with E-state index in [1.165, 1.54) is 11.3 Å². The van der Waals surface area contributed by atoms with Crippen molar-refractivity contribution >= 4 is 34.2 Å². The third-order valence-corrected chi connectivity index (χ3v) is 7.43. The molecular weight excluding hydrogens is 452 g/mol. The average molecular weight is 485 g/mol. The molecule has 182 valence electrons. The van der Waals surface area contributed by atoms with Crippen LogP contribution in [-0.2, 0) is 14.4 Å². The third kappa shape index (κ3) is 6.34. The van der Waals surface area contributed by atoms with Gasteiger partial charge in [-0.15, -0.1) is 11.3 Å². The van der Waals surface area contributed by atoms with Crippen LogP contribution in [0.4, 0.5) is 5.13 Å². The Labute approximate surface area is 204 Å². The van der Waals surface area contributed by atoms with Gasteiger partial charge in [-0.05, 0) is 44.7 Å². The van der Waals surface area contributed by atoms with Crippen LogP contribution in [-0.4, -0.2) is 65.3 Å². The van der Waals surface area contributed by atoms with Gasteiger partial charge in [0.1, 0.15) is 5.75 Å². The molecule has 4 rings (SSSR count). The summed E-state index contributed by atoms with van der Waals surface area (Å²) < 4.78 is 5.63. The summed E-state index contributed by atoms with van der Waals surface area (Å²) in [6, 6.07) is 9.48. The number of nitrogens with zero attached hydrogens (tertiary/aromatic N) is 3. The molecule has 9 heteroatoms. The fourth-order valence-corrected chi connectivity index (χ4v) is 5.24. The second kappa shape index (κ2) is 11.5. The molecule has 0 bridgehead atoms. The number of para-hydroxylation sites is 1. The number of likely N-dealkylation sites (tertiary alicyclic amines) is 2. The third-order valence-electron chi connectivity index (χ3n) is 6.55. The molecule has 0 radical (unpaired) electrons. The zero-order chi connectivity index (χ0) is 23.9. The molecule has 0 saturated carbocycles. The Hall–Kier alpha value is -2.94. The quantitative estimate of drug-likeness (QED) is 0.651. The van der Waals surface area contributed by atoms with Crippen LogP contribution in [0.2, 0.25) is 0 Å². The minimum Gasteiger partial charge on any atom is -0.493 e. The zero-order valence-electron chi connectivity index (χ0n) is 19.6. The fourth-order valence-electron chi connectivity index (χ4n) is 4.55. The standard InChI is InChI=1S/C25H32N4O4S/c1-18-17-34-25(26-18)27-23(31)19-7-14-29(15-8-19)24(32)20-9-12-28(13-10-20)22(30)11-16-33-21-5-3-2-4-6-21/h2-6,17,19-20H,7-16H2,1H3,(H,26,27,31). The van der Waals surface area contributed by atoms with Gasteiger partial charge in [0, 0.05) is 43.4 Å². The molecule has 1 aromatic heterocycles. The van der Waals surface area contributed by atoms with Crippen LogP contribution in [0.25, 0.3) is 0 Å². The van der Waals surface area contributed by atoms with E-state index in [9.17, 15) is 14.4 Å². The van der Waals surface area contributed by atoms with Crippen molar-refractivity contribution in [1.29, 1.82) is 0 Å². The minimum atomic E-state index is -0.0918. The molecule has 0 aliphatic carbocycles. The van der Waals surface area contributed by atoms with Crippen LogP contribution in [0.15, 0.2) is 35.7 Å². The van der Waals surface area contributed by atoms with Gasteiger partial charge in [-0.1, -0.05) is 18.2 Å². The van der Waals surface area contributed by atoms with Crippen molar-refractivity contribution < 1.29 is 19.1 Å². The molecule has 1 N–H and O–H groups in total. The summed E-state index contributed by atoms with van der Waals surface area (Å²) in [5.74, 6) is 0.848. The molecule has 0 unspecified atom stereocenters. The van der Waals surface area contributed by atoms with Crippen LogP contribution in [0.3, 0.4) is 0 Å². The van der Waals surface area contributed by atoms with Crippen molar-refractivity contribution in [2.24, 2.45) is 11.8 Å². The molecule has 3 heterocycles. The first kappa shape index (κ1) is 24.2. The van der Waals surface area contributed by atoms with Crippen LogP contribution < -0.4 is 10.1 Å². The SMILES string of the molecule is Cc1csc(NC(=O)C2CCN(C(=O)C3CCN(C(=O)CCOc4ccccc4)CC3)CC2)n1. The van der Waals surface area contributed by atoms with Crippen molar-refractivity contribution in [2.75, 3.05) is 38.1 Å². The van der Waals surface area contributed by atoms with Crippen LogP contribution >= 0.6 is 11.3 Å². The van der Waals surface area contributed by atoms with Gasteiger partial charge in [-0.25, -0.2) is 4.98 Å². The van der Waals surface area contributed by atoms with Gasteiger partial charge in [0.2, 0.25) is 17.7 Å². The van der Waals surface area contributed by atoms with Gasteiger partial charge < -0.3 is 19.9 Å². The number of thiazole rings is 1. The Morgan fingerprint density at radius 3 is 2.29 bits per heavy atom. The number of aryl methyl sites for hydroxylation is 1. The molecule has 8 nitrogen and oxygen atoms in total. The molecule has 0 spiro atoms. The van der Waals surface area contributed by atoms with Gasteiger partial charge in [-0.3, -0.25) is 14.4 Å². The number of hydrogen-bond acceptors (Lipinski definition) is 6. The number of hydrogen-bond donors (Lipinski definition) is 1. The number of carbonyl (C=O) groups is 3. The van der Waals surface area contributed by atoms with Crippen molar-refractivity contribution in [3.63, 3.8) is 0 Å². The minimum absolute atomic E-state index is 0.00971. The highest BCUT2D eigenvalue weighted by atomic mass is 32.1. The monoisotopic (exact) mass is 484 g/mol. The number of amides is 3. The molecule has 3 amide bonds. The maximum absolute atomic E-state index is 13.0. The molecular formula is C25H32N4O4S. The lowest BCUT2D eigenvalue weighted by molar-refractivity contribution is -0.142. The largest absolute Gasteiger partial charge is 0.493 e. The van der Waals surface area contributed by atoms with E-state index in [-0.39, 0.29) is 29.6 Å². The van der Waals surface area contributed by atoms with Gasteiger partial charge in [-0.2, -0.15) is 0 Å². The highest BCUT2D eigenvalue weighted by Gasteiger charge is 2.33. The summed E-state index contributed by atoms with van der Waals surface area (Å²) in [7, 11) is 0.